The lowest BCUT2D eigenvalue weighted by Crippen LogP contribution is -2.37. The summed E-state index contributed by atoms with van der Waals surface area (Å²) in [5.41, 5.74) is 0.714. The number of carbonyl (C=O) groups is 3. The number of benzene rings is 1. The van der Waals surface area contributed by atoms with Crippen LogP contribution in [0.25, 0.3) is 0 Å². The summed E-state index contributed by atoms with van der Waals surface area (Å²) < 4.78 is 5.08. The third-order valence-corrected chi connectivity index (χ3v) is 2.62. The summed E-state index contributed by atoms with van der Waals surface area (Å²) in [6.45, 7) is 6.14. The molecule has 126 valence electrons. The maximum Gasteiger partial charge on any atom is 0.407 e. The fraction of sp³-hybridized carbons (Fsp3) is 0.438. The Labute approximate surface area is 135 Å². The average molecular weight is 321 g/mol. The molecule has 0 fully saturated rings. The second kappa shape index (κ2) is 8.77. The number of rotatable bonds is 7. The zero-order valence-corrected chi connectivity index (χ0v) is 13.6. The molecule has 0 aliphatic carbocycles. The minimum atomic E-state index is -0.549. The van der Waals surface area contributed by atoms with E-state index in [0.29, 0.717) is 12.1 Å². The number of nitrogens with one attached hydrogen (secondary N) is 3. The standard InChI is InChI=1S/C16H23N3O4/c1-16(2,3)23-15(22)19-9-8-18-14(21)12-4-6-13(7-5-12)17-10-11-20/h4-7,11,17H,8-10H2,1-3H3,(H,18,21)(H,19,22). The first kappa shape index (κ1) is 18.5. The number of aldehydes is 1. The normalized spacial score (nSPS) is 10.6. The molecule has 1 aromatic rings. The Hall–Kier alpha value is -2.57. The van der Waals surface area contributed by atoms with E-state index in [-0.39, 0.29) is 19.0 Å². The fourth-order valence-electron chi connectivity index (χ4n) is 1.66. The van der Waals surface area contributed by atoms with Gasteiger partial charge in [0.25, 0.3) is 5.91 Å². The molecule has 0 atom stereocenters. The Bertz CT molecular complexity index is 535. The Morgan fingerprint density at radius 2 is 1.70 bits per heavy atom. The van der Waals surface area contributed by atoms with Crippen molar-refractivity contribution in [2.45, 2.75) is 26.4 Å². The number of hydrogen-bond donors (Lipinski definition) is 3. The first-order valence-corrected chi connectivity index (χ1v) is 7.34. The van der Waals surface area contributed by atoms with Crippen LogP contribution in [0.2, 0.25) is 0 Å². The van der Waals surface area contributed by atoms with Gasteiger partial charge in [-0.15, -0.1) is 0 Å². The van der Waals surface area contributed by atoms with Gasteiger partial charge in [-0.05, 0) is 45.0 Å². The van der Waals surface area contributed by atoms with E-state index in [1.165, 1.54) is 0 Å². The van der Waals surface area contributed by atoms with E-state index in [4.69, 9.17) is 4.74 Å². The molecular formula is C16H23N3O4. The molecule has 0 saturated heterocycles. The van der Waals surface area contributed by atoms with Crippen molar-refractivity contribution >= 4 is 24.0 Å². The van der Waals surface area contributed by atoms with E-state index >= 15 is 0 Å². The Balaban J connectivity index is 2.31. The summed E-state index contributed by atoms with van der Waals surface area (Å²) in [5, 5.41) is 8.14. The van der Waals surface area contributed by atoms with Gasteiger partial charge in [0.15, 0.2) is 0 Å². The van der Waals surface area contributed by atoms with Crippen LogP contribution in [0.3, 0.4) is 0 Å². The van der Waals surface area contributed by atoms with E-state index in [0.717, 1.165) is 12.0 Å². The first-order chi connectivity index (χ1) is 10.8. The topological polar surface area (TPSA) is 96.5 Å². The third-order valence-electron chi connectivity index (χ3n) is 2.62. The van der Waals surface area contributed by atoms with Crippen LogP contribution in [0, 0.1) is 0 Å². The van der Waals surface area contributed by atoms with E-state index in [1.54, 1.807) is 45.0 Å². The van der Waals surface area contributed by atoms with E-state index < -0.39 is 11.7 Å². The van der Waals surface area contributed by atoms with Crippen molar-refractivity contribution in [1.82, 2.24) is 10.6 Å². The van der Waals surface area contributed by atoms with Gasteiger partial charge in [-0.2, -0.15) is 0 Å². The zero-order chi connectivity index (χ0) is 17.3. The molecule has 0 aromatic heterocycles. The van der Waals surface area contributed by atoms with Crippen LogP contribution < -0.4 is 16.0 Å². The first-order valence-electron chi connectivity index (χ1n) is 7.34. The number of amides is 2. The lowest BCUT2D eigenvalue weighted by Gasteiger charge is -2.19. The zero-order valence-electron chi connectivity index (χ0n) is 13.6. The fourth-order valence-corrected chi connectivity index (χ4v) is 1.66. The summed E-state index contributed by atoms with van der Waals surface area (Å²) in [4.78, 5) is 33.6. The molecule has 0 heterocycles. The molecule has 0 unspecified atom stereocenters. The second-order valence-electron chi connectivity index (χ2n) is 5.81. The van der Waals surface area contributed by atoms with Crippen LogP contribution in [0.5, 0.6) is 0 Å². The summed E-state index contributed by atoms with van der Waals surface area (Å²) in [6, 6.07) is 6.75. The average Bonchev–Trinajstić information content (AvgIpc) is 2.48. The van der Waals surface area contributed by atoms with Crippen molar-refractivity contribution in [3.05, 3.63) is 29.8 Å². The van der Waals surface area contributed by atoms with Crippen LogP contribution >= 0.6 is 0 Å². The second-order valence-corrected chi connectivity index (χ2v) is 5.81. The van der Waals surface area contributed by atoms with Gasteiger partial charge in [-0.1, -0.05) is 0 Å². The minimum absolute atomic E-state index is 0.224. The Kier molecular flexibility index (Phi) is 7.05. The number of alkyl carbamates (subject to hydrolysis) is 1. The molecule has 0 saturated carbocycles. The van der Waals surface area contributed by atoms with Gasteiger partial charge in [0.2, 0.25) is 0 Å². The van der Waals surface area contributed by atoms with Crippen molar-refractivity contribution in [2.75, 3.05) is 25.0 Å². The van der Waals surface area contributed by atoms with Crippen LogP contribution in [0.4, 0.5) is 10.5 Å². The highest BCUT2D eigenvalue weighted by Gasteiger charge is 2.15. The van der Waals surface area contributed by atoms with Crippen LogP contribution in [0.1, 0.15) is 31.1 Å². The van der Waals surface area contributed by atoms with Crippen LogP contribution in [0.15, 0.2) is 24.3 Å². The maximum absolute atomic E-state index is 11.9. The molecule has 1 aromatic carbocycles. The molecule has 23 heavy (non-hydrogen) atoms. The Morgan fingerprint density at radius 3 is 2.26 bits per heavy atom. The van der Waals surface area contributed by atoms with Crippen molar-refractivity contribution in [3.8, 4) is 0 Å². The van der Waals surface area contributed by atoms with Gasteiger partial charge in [-0.25, -0.2) is 4.79 Å². The largest absolute Gasteiger partial charge is 0.444 e. The summed E-state index contributed by atoms with van der Waals surface area (Å²) in [6.07, 6.45) is 0.246. The monoisotopic (exact) mass is 321 g/mol. The van der Waals surface area contributed by atoms with Crippen molar-refractivity contribution in [2.24, 2.45) is 0 Å². The lowest BCUT2D eigenvalue weighted by atomic mass is 10.2. The number of ether oxygens (including phenoxy) is 1. The molecule has 1 rings (SSSR count). The highest BCUT2D eigenvalue weighted by Crippen LogP contribution is 2.09. The molecule has 0 radical (unpaired) electrons. The molecule has 0 bridgehead atoms. The molecule has 0 aliphatic heterocycles. The van der Waals surface area contributed by atoms with Crippen molar-refractivity contribution in [3.63, 3.8) is 0 Å². The summed E-state index contributed by atoms with van der Waals surface area (Å²) >= 11 is 0. The SMILES string of the molecule is CC(C)(C)OC(=O)NCCNC(=O)c1ccc(NCC=O)cc1. The molecule has 0 spiro atoms. The van der Waals surface area contributed by atoms with Crippen LogP contribution in [-0.4, -0.2) is 43.5 Å². The van der Waals surface area contributed by atoms with Gasteiger partial charge < -0.3 is 25.5 Å². The maximum atomic E-state index is 11.9. The molecule has 7 nitrogen and oxygen atoms in total. The molecule has 0 aliphatic rings. The predicted octanol–water partition coefficient (Wildman–Crippen LogP) is 1.55. The summed E-state index contributed by atoms with van der Waals surface area (Å²) in [5.74, 6) is -0.238. The molecule has 2 amide bonds. The van der Waals surface area contributed by atoms with Crippen molar-refractivity contribution in [1.29, 1.82) is 0 Å². The quantitative estimate of drug-likeness (QED) is 0.523. The Morgan fingerprint density at radius 1 is 1.09 bits per heavy atom. The van der Waals surface area contributed by atoms with E-state index in [1.807, 2.05) is 0 Å². The number of carbonyl (C=O) groups excluding carboxylic acids is 3. The number of hydrogen-bond acceptors (Lipinski definition) is 5. The third kappa shape index (κ3) is 7.85. The highest BCUT2D eigenvalue weighted by atomic mass is 16.6. The molecule has 7 heteroatoms. The minimum Gasteiger partial charge on any atom is -0.444 e. The molecule has 3 N–H and O–H groups in total. The van der Waals surface area contributed by atoms with Gasteiger partial charge in [-0.3, -0.25) is 4.79 Å². The van der Waals surface area contributed by atoms with Gasteiger partial charge in [0.05, 0.1) is 6.54 Å². The smallest absolute Gasteiger partial charge is 0.407 e. The van der Waals surface area contributed by atoms with Gasteiger partial charge in [0, 0.05) is 24.3 Å². The van der Waals surface area contributed by atoms with Gasteiger partial charge >= 0.3 is 6.09 Å². The van der Waals surface area contributed by atoms with Gasteiger partial charge in [0.1, 0.15) is 11.9 Å². The molecular weight excluding hydrogens is 298 g/mol. The summed E-state index contributed by atoms with van der Waals surface area (Å²) in [7, 11) is 0. The van der Waals surface area contributed by atoms with E-state index in [2.05, 4.69) is 16.0 Å². The van der Waals surface area contributed by atoms with Crippen LogP contribution in [-0.2, 0) is 9.53 Å². The van der Waals surface area contributed by atoms with E-state index in [9.17, 15) is 14.4 Å². The van der Waals surface area contributed by atoms with Crippen molar-refractivity contribution < 1.29 is 19.1 Å². The predicted molar refractivity (Wildman–Crippen MR) is 87.6 cm³/mol. The number of anilines is 1. The lowest BCUT2D eigenvalue weighted by molar-refractivity contribution is -0.106. The highest BCUT2D eigenvalue weighted by molar-refractivity contribution is 5.94.